The minimum absolute atomic E-state index is 0.514. The van der Waals surface area contributed by atoms with E-state index >= 15 is 0 Å². The molecule has 0 aliphatic carbocycles. The predicted octanol–water partition coefficient (Wildman–Crippen LogP) is 4.03. The first-order chi connectivity index (χ1) is 10.6. The second-order valence-electron chi connectivity index (χ2n) is 5.71. The molecular weight excluding hydrogens is 274 g/mol. The molecule has 4 heteroatoms. The zero-order valence-corrected chi connectivity index (χ0v) is 12.8. The van der Waals surface area contributed by atoms with Crippen LogP contribution in [0.4, 0.5) is 5.69 Å². The van der Waals surface area contributed by atoms with Crippen molar-refractivity contribution in [3.8, 4) is 11.4 Å². The molecule has 0 unspecified atom stereocenters. The van der Waals surface area contributed by atoms with Crippen LogP contribution in [0.1, 0.15) is 36.8 Å². The van der Waals surface area contributed by atoms with Crippen LogP contribution in [0.2, 0.25) is 0 Å². The third kappa shape index (κ3) is 3.17. The van der Waals surface area contributed by atoms with E-state index in [0.717, 1.165) is 16.8 Å². The molecule has 2 N–H and O–H groups in total. The highest BCUT2D eigenvalue weighted by atomic mass is 16.5. The standard InChI is InChI=1S/C18H19N3O/c1-12(2)14-5-7-15(8-6-14)18-20-17(22-21-18)11-13-3-9-16(19)10-4-13/h3-10,12H,11,19H2,1-2H3. The number of anilines is 1. The lowest BCUT2D eigenvalue weighted by Gasteiger charge is -2.04. The molecule has 0 saturated heterocycles. The fourth-order valence-corrected chi connectivity index (χ4v) is 2.27. The summed E-state index contributed by atoms with van der Waals surface area (Å²) >= 11 is 0. The fraction of sp³-hybridized carbons (Fsp3) is 0.222. The van der Waals surface area contributed by atoms with Gasteiger partial charge in [-0.3, -0.25) is 0 Å². The molecule has 0 atom stereocenters. The van der Waals surface area contributed by atoms with E-state index in [1.165, 1.54) is 5.56 Å². The molecule has 3 aromatic rings. The molecule has 0 aliphatic rings. The van der Waals surface area contributed by atoms with E-state index < -0.39 is 0 Å². The van der Waals surface area contributed by atoms with Crippen molar-refractivity contribution in [1.29, 1.82) is 0 Å². The maximum atomic E-state index is 5.68. The summed E-state index contributed by atoms with van der Waals surface area (Å²) in [5.74, 6) is 1.74. The Bertz CT molecular complexity index is 743. The van der Waals surface area contributed by atoms with E-state index in [2.05, 4.69) is 36.1 Å². The number of nitrogens with zero attached hydrogens (tertiary/aromatic N) is 2. The molecule has 4 nitrogen and oxygen atoms in total. The molecule has 0 bridgehead atoms. The number of aromatic nitrogens is 2. The van der Waals surface area contributed by atoms with Crippen molar-refractivity contribution in [3.05, 3.63) is 65.5 Å². The van der Waals surface area contributed by atoms with Crippen molar-refractivity contribution in [1.82, 2.24) is 10.1 Å². The lowest BCUT2D eigenvalue weighted by atomic mass is 10.0. The van der Waals surface area contributed by atoms with Gasteiger partial charge in [-0.05, 0) is 29.2 Å². The van der Waals surface area contributed by atoms with Gasteiger partial charge in [0.05, 0.1) is 6.42 Å². The molecule has 0 saturated carbocycles. The highest BCUT2D eigenvalue weighted by Gasteiger charge is 2.09. The Kier molecular flexibility index (Phi) is 3.92. The Hall–Kier alpha value is -2.62. The van der Waals surface area contributed by atoms with Crippen LogP contribution in [0.25, 0.3) is 11.4 Å². The van der Waals surface area contributed by atoms with Crippen molar-refractivity contribution < 1.29 is 4.52 Å². The van der Waals surface area contributed by atoms with E-state index in [1.807, 2.05) is 36.4 Å². The summed E-state index contributed by atoms with van der Waals surface area (Å²) in [6.07, 6.45) is 0.608. The monoisotopic (exact) mass is 293 g/mol. The summed E-state index contributed by atoms with van der Waals surface area (Å²) in [5, 5.41) is 4.06. The summed E-state index contributed by atoms with van der Waals surface area (Å²) in [6.45, 7) is 4.35. The van der Waals surface area contributed by atoms with Gasteiger partial charge in [-0.15, -0.1) is 0 Å². The largest absolute Gasteiger partial charge is 0.399 e. The predicted molar refractivity (Wildman–Crippen MR) is 87.5 cm³/mol. The highest BCUT2D eigenvalue weighted by molar-refractivity contribution is 5.55. The Labute approximate surface area is 130 Å². The van der Waals surface area contributed by atoms with Gasteiger partial charge in [-0.2, -0.15) is 4.98 Å². The van der Waals surface area contributed by atoms with Crippen molar-refractivity contribution >= 4 is 5.69 Å². The van der Waals surface area contributed by atoms with Gasteiger partial charge < -0.3 is 10.3 Å². The molecule has 112 valence electrons. The molecule has 0 radical (unpaired) electrons. The summed E-state index contributed by atoms with van der Waals surface area (Å²) in [4.78, 5) is 4.46. The van der Waals surface area contributed by atoms with E-state index in [9.17, 15) is 0 Å². The Balaban J connectivity index is 1.77. The van der Waals surface area contributed by atoms with Gasteiger partial charge in [0.1, 0.15) is 0 Å². The molecule has 3 rings (SSSR count). The van der Waals surface area contributed by atoms with Gasteiger partial charge >= 0.3 is 0 Å². The average Bonchev–Trinajstić information content (AvgIpc) is 2.98. The third-order valence-electron chi connectivity index (χ3n) is 3.64. The van der Waals surface area contributed by atoms with Gasteiger partial charge in [0.25, 0.3) is 0 Å². The Morgan fingerprint density at radius 2 is 1.68 bits per heavy atom. The second kappa shape index (κ2) is 6.02. The average molecular weight is 293 g/mol. The Morgan fingerprint density at radius 3 is 2.32 bits per heavy atom. The summed E-state index contributed by atoms with van der Waals surface area (Å²) in [6, 6.07) is 16.0. The molecule has 0 fully saturated rings. The molecule has 0 amide bonds. The first-order valence-corrected chi connectivity index (χ1v) is 7.39. The first-order valence-electron chi connectivity index (χ1n) is 7.39. The van der Waals surface area contributed by atoms with E-state index in [4.69, 9.17) is 10.3 Å². The number of nitrogens with two attached hydrogens (primary N) is 1. The van der Waals surface area contributed by atoms with Crippen LogP contribution >= 0.6 is 0 Å². The van der Waals surface area contributed by atoms with Gasteiger partial charge in [-0.25, -0.2) is 0 Å². The van der Waals surface area contributed by atoms with Crippen LogP contribution < -0.4 is 5.73 Å². The zero-order chi connectivity index (χ0) is 15.5. The van der Waals surface area contributed by atoms with E-state index in [-0.39, 0.29) is 0 Å². The SMILES string of the molecule is CC(C)c1ccc(-c2noc(Cc3ccc(N)cc3)n2)cc1. The van der Waals surface area contributed by atoms with Crippen molar-refractivity contribution in [2.24, 2.45) is 0 Å². The van der Waals surface area contributed by atoms with Crippen LogP contribution in [0.5, 0.6) is 0 Å². The minimum atomic E-state index is 0.514. The van der Waals surface area contributed by atoms with Gasteiger partial charge in [0.2, 0.25) is 11.7 Å². The number of hydrogen-bond donors (Lipinski definition) is 1. The van der Waals surface area contributed by atoms with Crippen LogP contribution in [-0.2, 0) is 6.42 Å². The van der Waals surface area contributed by atoms with Gasteiger partial charge in [0.15, 0.2) is 0 Å². The topological polar surface area (TPSA) is 64.9 Å². The lowest BCUT2D eigenvalue weighted by Crippen LogP contribution is -1.90. The van der Waals surface area contributed by atoms with Crippen LogP contribution in [0, 0.1) is 0 Å². The second-order valence-corrected chi connectivity index (χ2v) is 5.71. The number of benzene rings is 2. The molecule has 22 heavy (non-hydrogen) atoms. The summed E-state index contributed by atoms with van der Waals surface area (Å²) < 4.78 is 5.34. The van der Waals surface area contributed by atoms with Gasteiger partial charge in [-0.1, -0.05) is 55.4 Å². The maximum absolute atomic E-state index is 5.68. The van der Waals surface area contributed by atoms with Gasteiger partial charge in [0, 0.05) is 11.3 Å². The first kappa shape index (κ1) is 14.3. The normalized spacial score (nSPS) is 11.0. The number of hydrogen-bond acceptors (Lipinski definition) is 4. The van der Waals surface area contributed by atoms with Crippen molar-refractivity contribution in [3.63, 3.8) is 0 Å². The molecule has 1 aromatic heterocycles. The molecule has 0 spiro atoms. The Morgan fingerprint density at radius 1 is 1.00 bits per heavy atom. The van der Waals surface area contributed by atoms with Crippen LogP contribution in [-0.4, -0.2) is 10.1 Å². The summed E-state index contributed by atoms with van der Waals surface area (Å²) in [7, 11) is 0. The lowest BCUT2D eigenvalue weighted by molar-refractivity contribution is 0.385. The van der Waals surface area contributed by atoms with E-state index in [1.54, 1.807) is 0 Å². The van der Waals surface area contributed by atoms with Crippen molar-refractivity contribution in [2.75, 3.05) is 5.73 Å². The molecule has 1 heterocycles. The third-order valence-corrected chi connectivity index (χ3v) is 3.64. The number of nitrogen functional groups attached to an aromatic ring is 1. The van der Waals surface area contributed by atoms with Crippen molar-refractivity contribution in [2.45, 2.75) is 26.2 Å². The maximum Gasteiger partial charge on any atom is 0.231 e. The van der Waals surface area contributed by atoms with Crippen LogP contribution in [0.15, 0.2) is 53.1 Å². The highest BCUT2D eigenvalue weighted by Crippen LogP contribution is 2.21. The fourth-order valence-electron chi connectivity index (χ4n) is 2.27. The van der Waals surface area contributed by atoms with Crippen LogP contribution in [0.3, 0.4) is 0 Å². The molecule has 2 aromatic carbocycles. The molecule has 0 aliphatic heterocycles. The summed E-state index contributed by atoms with van der Waals surface area (Å²) in [5.41, 5.74) is 9.80. The minimum Gasteiger partial charge on any atom is -0.399 e. The number of rotatable bonds is 4. The molecular formula is C18H19N3O. The van der Waals surface area contributed by atoms with E-state index in [0.29, 0.717) is 24.1 Å². The smallest absolute Gasteiger partial charge is 0.231 e. The zero-order valence-electron chi connectivity index (χ0n) is 12.8. The quantitative estimate of drug-likeness (QED) is 0.737.